The van der Waals surface area contributed by atoms with E-state index in [4.69, 9.17) is 4.74 Å². The zero-order valence-corrected chi connectivity index (χ0v) is 12.3. The lowest BCUT2D eigenvalue weighted by Gasteiger charge is -2.34. The van der Waals surface area contributed by atoms with Gasteiger partial charge in [0.2, 0.25) is 0 Å². The number of halogens is 1. The lowest BCUT2D eigenvalue weighted by Crippen LogP contribution is -2.48. The molecule has 0 aromatic heterocycles. The van der Waals surface area contributed by atoms with E-state index in [1.807, 2.05) is 0 Å². The second kappa shape index (κ2) is 6.26. The first-order valence-corrected chi connectivity index (χ1v) is 7.25. The van der Waals surface area contributed by atoms with Gasteiger partial charge in [0, 0.05) is 19.0 Å². The number of benzene rings is 2. The molecule has 2 N–H and O–H groups in total. The van der Waals surface area contributed by atoms with Gasteiger partial charge >= 0.3 is 0 Å². The Balaban J connectivity index is 1.91. The van der Waals surface area contributed by atoms with Crippen molar-refractivity contribution in [1.82, 2.24) is 0 Å². The number of carbonyl (C=O) groups excluding carboxylic acids is 1. The molecule has 0 bridgehead atoms. The van der Waals surface area contributed by atoms with Gasteiger partial charge in [0.25, 0.3) is 5.91 Å². The molecule has 23 heavy (non-hydrogen) atoms. The highest BCUT2D eigenvalue weighted by molar-refractivity contribution is 6.00. The van der Waals surface area contributed by atoms with Crippen LogP contribution in [0.3, 0.4) is 0 Å². The topological polar surface area (TPSA) is 70.0 Å². The highest BCUT2D eigenvalue weighted by atomic mass is 19.1. The summed E-state index contributed by atoms with van der Waals surface area (Å²) in [6.45, 7) is -0.119. The normalized spacial score (nSPS) is 16.9. The minimum Gasteiger partial charge on any atom is -0.508 e. The number of fused-ring (bicyclic) bond motifs is 1. The maximum Gasteiger partial charge on any atom is 0.268 e. The summed E-state index contributed by atoms with van der Waals surface area (Å²) < 4.78 is 19.0. The number of aromatic hydroxyl groups is 1. The largest absolute Gasteiger partial charge is 0.508 e. The van der Waals surface area contributed by atoms with Crippen molar-refractivity contribution in [2.24, 2.45) is 0 Å². The fourth-order valence-corrected chi connectivity index (χ4v) is 2.65. The number of anilines is 1. The maximum atomic E-state index is 13.3. The lowest BCUT2D eigenvalue weighted by molar-refractivity contribution is -0.126. The van der Waals surface area contributed by atoms with Crippen molar-refractivity contribution in [3.05, 3.63) is 53.8 Å². The lowest BCUT2D eigenvalue weighted by atomic mass is 10.0. The van der Waals surface area contributed by atoms with Crippen LogP contribution < -0.4 is 9.64 Å². The highest BCUT2D eigenvalue weighted by Gasteiger charge is 2.34. The number of phenols is 1. The summed E-state index contributed by atoms with van der Waals surface area (Å²) in [7, 11) is 0. The molecule has 6 heteroatoms. The second-order valence-electron chi connectivity index (χ2n) is 5.31. The molecular weight excluding hydrogens is 301 g/mol. The first kappa shape index (κ1) is 15.3. The second-order valence-corrected chi connectivity index (χ2v) is 5.31. The van der Waals surface area contributed by atoms with E-state index in [9.17, 15) is 19.4 Å². The SMILES string of the molecule is O=C1C(Cc2cccc(F)c2)Oc2ccc(O)cc2N1CCO. The van der Waals surface area contributed by atoms with E-state index in [1.165, 1.54) is 29.2 Å². The van der Waals surface area contributed by atoms with Crippen LogP contribution in [0, 0.1) is 5.82 Å². The monoisotopic (exact) mass is 317 g/mol. The Bertz CT molecular complexity index is 734. The number of ether oxygens (including phenoxy) is 1. The Morgan fingerprint density at radius 1 is 1.22 bits per heavy atom. The van der Waals surface area contributed by atoms with E-state index in [2.05, 4.69) is 0 Å². The quantitative estimate of drug-likeness (QED) is 0.903. The third-order valence-electron chi connectivity index (χ3n) is 3.68. The van der Waals surface area contributed by atoms with Gasteiger partial charge in [-0.15, -0.1) is 0 Å². The minimum absolute atomic E-state index is 0.00618. The van der Waals surface area contributed by atoms with E-state index < -0.39 is 6.10 Å². The van der Waals surface area contributed by atoms with Gasteiger partial charge in [-0.1, -0.05) is 12.1 Å². The van der Waals surface area contributed by atoms with E-state index in [-0.39, 0.29) is 37.0 Å². The molecule has 2 aromatic carbocycles. The third kappa shape index (κ3) is 3.12. The van der Waals surface area contributed by atoms with Crippen LogP contribution in [0.4, 0.5) is 10.1 Å². The predicted octanol–water partition coefficient (Wildman–Crippen LogP) is 1.86. The molecule has 0 saturated carbocycles. The average molecular weight is 317 g/mol. The molecule has 0 aliphatic carbocycles. The minimum atomic E-state index is -0.805. The van der Waals surface area contributed by atoms with E-state index in [0.717, 1.165) is 0 Å². The number of rotatable bonds is 4. The average Bonchev–Trinajstić information content (AvgIpc) is 2.52. The van der Waals surface area contributed by atoms with Gasteiger partial charge in [-0.05, 0) is 29.8 Å². The van der Waals surface area contributed by atoms with Crippen molar-refractivity contribution in [1.29, 1.82) is 0 Å². The Kier molecular flexibility index (Phi) is 4.16. The molecule has 1 atom stereocenters. The van der Waals surface area contributed by atoms with Crippen molar-refractivity contribution in [2.75, 3.05) is 18.1 Å². The molecular formula is C17H16FNO4. The van der Waals surface area contributed by atoms with Gasteiger partial charge in [0.15, 0.2) is 6.10 Å². The molecule has 2 aromatic rings. The van der Waals surface area contributed by atoms with Crippen molar-refractivity contribution >= 4 is 11.6 Å². The van der Waals surface area contributed by atoms with Crippen molar-refractivity contribution in [2.45, 2.75) is 12.5 Å². The van der Waals surface area contributed by atoms with Crippen LogP contribution in [0.5, 0.6) is 11.5 Å². The Morgan fingerprint density at radius 3 is 2.78 bits per heavy atom. The number of β-amino-alcohol motifs (C(OH)–C–C–N with tert-alkyl or cyclic N) is 1. The van der Waals surface area contributed by atoms with Gasteiger partial charge in [0.1, 0.15) is 17.3 Å². The Hall–Kier alpha value is -2.60. The molecule has 0 fully saturated rings. The molecule has 0 saturated heterocycles. The number of amides is 1. The smallest absolute Gasteiger partial charge is 0.268 e. The van der Waals surface area contributed by atoms with E-state index in [0.29, 0.717) is 17.0 Å². The zero-order valence-electron chi connectivity index (χ0n) is 12.3. The standard InChI is InChI=1S/C17H16FNO4/c18-12-3-1-2-11(8-12)9-16-17(22)19(6-7-20)14-10-13(21)4-5-15(14)23-16/h1-5,8,10,16,20-21H,6-7,9H2. The number of hydrogen-bond donors (Lipinski definition) is 2. The summed E-state index contributed by atoms with van der Waals surface area (Å²) in [5.74, 6) is -0.256. The zero-order chi connectivity index (χ0) is 16.4. The van der Waals surface area contributed by atoms with Crippen LogP contribution in [0.25, 0.3) is 0 Å². The van der Waals surface area contributed by atoms with Gasteiger partial charge in [0.05, 0.1) is 12.3 Å². The van der Waals surface area contributed by atoms with Crippen LogP contribution in [0.1, 0.15) is 5.56 Å². The fourth-order valence-electron chi connectivity index (χ4n) is 2.65. The summed E-state index contributed by atoms with van der Waals surface area (Å²) in [5, 5.41) is 18.8. The van der Waals surface area contributed by atoms with Crippen LogP contribution in [0.15, 0.2) is 42.5 Å². The van der Waals surface area contributed by atoms with Crippen LogP contribution in [0.2, 0.25) is 0 Å². The molecule has 3 rings (SSSR count). The molecule has 1 aliphatic rings. The summed E-state index contributed by atoms with van der Waals surface area (Å²) >= 11 is 0. The molecule has 1 unspecified atom stereocenters. The van der Waals surface area contributed by atoms with Crippen molar-refractivity contribution < 1.29 is 24.1 Å². The summed E-state index contributed by atoms with van der Waals surface area (Å²) in [6, 6.07) is 10.5. The molecule has 1 heterocycles. The molecule has 5 nitrogen and oxygen atoms in total. The van der Waals surface area contributed by atoms with E-state index in [1.54, 1.807) is 18.2 Å². The van der Waals surface area contributed by atoms with Gasteiger partial charge < -0.3 is 19.8 Å². The fraction of sp³-hybridized carbons (Fsp3) is 0.235. The third-order valence-corrected chi connectivity index (χ3v) is 3.68. The Labute approximate surface area is 132 Å². The van der Waals surface area contributed by atoms with Gasteiger partial charge in [-0.25, -0.2) is 4.39 Å². The number of aliphatic hydroxyl groups is 1. The number of phenolic OH excluding ortho intramolecular Hbond substituents is 1. The maximum absolute atomic E-state index is 13.3. The number of carbonyl (C=O) groups is 1. The molecule has 1 amide bonds. The van der Waals surface area contributed by atoms with Crippen molar-refractivity contribution in [3.63, 3.8) is 0 Å². The highest BCUT2D eigenvalue weighted by Crippen LogP contribution is 2.37. The van der Waals surface area contributed by atoms with E-state index >= 15 is 0 Å². The summed E-state index contributed by atoms with van der Waals surface area (Å²) in [5.41, 5.74) is 1.06. The molecule has 120 valence electrons. The molecule has 1 aliphatic heterocycles. The van der Waals surface area contributed by atoms with Crippen LogP contribution >= 0.6 is 0 Å². The number of hydrogen-bond acceptors (Lipinski definition) is 4. The predicted molar refractivity (Wildman–Crippen MR) is 82.1 cm³/mol. The summed E-state index contributed by atoms with van der Waals surface area (Å²) in [4.78, 5) is 14.0. The van der Waals surface area contributed by atoms with Crippen LogP contribution in [-0.2, 0) is 11.2 Å². The first-order chi connectivity index (χ1) is 11.1. The first-order valence-electron chi connectivity index (χ1n) is 7.25. The Morgan fingerprint density at radius 2 is 2.04 bits per heavy atom. The van der Waals surface area contributed by atoms with Gasteiger partial charge in [-0.3, -0.25) is 4.79 Å². The molecule has 0 spiro atoms. The molecule has 0 radical (unpaired) electrons. The summed E-state index contributed by atoms with van der Waals surface area (Å²) in [6.07, 6.45) is -0.584. The van der Waals surface area contributed by atoms with Gasteiger partial charge in [-0.2, -0.15) is 0 Å². The van der Waals surface area contributed by atoms with Crippen LogP contribution in [-0.4, -0.2) is 35.4 Å². The number of nitrogens with zero attached hydrogens (tertiary/aromatic N) is 1. The van der Waals surface area contributed by atoms with Crippen molar-refractivity contribution in [3.8, 4) is 11.5 Å². The number of aliphatic hydroxyl groups excluding tert-OH is 1.